The second kappa shape index (κ2) is 19.4. The summed E-state index contributed by atoms with van der Waals surface area (Å²) >= 11 is 3.46. The minimum Gasteiger partial charge on any atom is -0.288 e. The van der Waals surface area contributed by atoms with Gasteiger partial charge in [0.15, 0.2) is 5.12 Å². The molecular formula is C16H34OS. The van der Waals surface area contributed by atoms with Gasteiger partial charge in [-0.3, -0.25) is 4.79 Å². The minimum absolute atomic E-state index is 0.0509. The second-order valence-corrected chi connectivity index (χ2v) is 5.43. The normalized spacial score (nSPS) is 9.78. The summed E-state index contributed by atoms with van der Waals surface area (Å²) in [6, 6.07) is 0. The molecule has 0 radical (unpaired) electrons. The molecule has 0 aliphatic carbocycles. The van der Waals surface area contributed by atoms with Gasteiger partial charge in [0.1, 0.15) is 0 Å². The lowest BCUT2D eigenvalue weighted by molar-refractivity contribution is -0.110. The number of hydrogen-bond donors (Lipinski definition) is 1. The van der Waals surface area contributed by atoms with E-state index in [9.17, 15) is 4.79 Å². The zero-order valence-electron chi connectivity index (χ0n) is 12.8. The summed E-state index contributed by atoms with van der Waals surface area (Å²) in [5, 5.41) is -0.0509. The van der Waals surface area contributed by atoms with Crippen LogP contribution in [0.3, 0.4) is 0 Å². The monoisotopic (exact) mass is 274 g/mol. The SMILES string of the molecule is CCC(=O)S.CCCCCCCCCCCCC. The topological polar surface area (TPSA) is 17.1 Å². The fourth-order valence-electron chi connectivity index (χ4n) is 1.74. The van der Waals surface area contributed by atoms with Crippen molar-refractivity contribution in [2.24, 2.45) is 0 Å². The van der Waals surface area contributed by atoms with Gasteiger partial charge in [-0.2, -0.15) is 0 Å². The number of carbonyl (C=O) groups excluding carboxylic acids is 1. The van der Waals surface area contributed by atoms with Gasteiger partial charge in [0.25, 0.3) is 0 Å². The van der Waals surface area contributed by atoms with E-state index in [2.05, 4.69) is 26.5 Å². The molecule has 0 rings (SSSR count). The Balaban J connectivity index is 0. The summed E-state index contributed by atoms with van der Waals surface area (Å²) in [5.41, 5.74) is 0. The molecule has 0 saturated heterocycles. The smallest absolute Gasteiger partial charge is 0.185 e. The van der Waals surface area contributed by atoms with E-state index in [1.54, 1.807) is 6.92 Å². The number of hydrogen-bond acceptors (Lipinski definition) is 1. The van der Waals surface area contributed by atoms with Crippen molar-refractivity contribution >= 4 is 17.7 Å². The first-order valence-electron chi connectivity index (χ1n) is 7.90. The first-order chi connectivity index (χ1) is 8.68. The van der Waals surface area contributed by atoms with Crippen LogP contribution < -0.4 is 0 Å². The maximum Gasteiger partial charge on any atom is 0.185 e. The molecule has 0 bridgehead atoms. The molecule has 0 heterocycles. The number of carbonyl (C=O) groups is 1. The molecule has 0 spiro atoms. The van der Waals surface area contributed by atoms with E-state index in [1.165, 1.54) is 70.6 Å². The molecular weight excluding hydrogens is 240 g/mol. The van der Waals surface area contributed by atoms with Crippen molar-refractivity contribution in [2.75, 3.05) is 0 Å². The molecule has 0 N–H and O–H groups in total. The van der Waals surface area contributed by atoms with E-state index in [0.29, 0.717) is 6.42 Å². The predicted octanol–water partition coefficient (Wildman–Crippen LogP) is 6.17. The van der Waals surface area contributed by atoms with Crippen LogP contribution in [0, 0.1) is 0 Å². The van der Waals surface area contributed by atoms with Crippen molar-refractivity contribution in [1.29, 1.82) is 0 Å². The molecule has 0 unspecified atom stereocenters. The summed E-state index contributed by atoms with van der Waals surface area (Å²) in [6.45, 7) is 6.34. The third kappa shape index (κ3) is 25.0. The molecule has 0 aliphatic rings. The van der Waals surface area contributed by atoms with Crippen molar-refractivity contribution in [3.8, 4) is 0 Å². The third-order valence-electron chi connectivity index (χ3n) is 3.01. The molecule has 18 heavy (non-hydrogen) atoms. The molecule has 0 aromatic carbocycles. The van der Waals surface area contributed by atoms with Crippen LogP contribution in [-0.2, 0) is 4.79 Å². The fraction of sp³-hybridized carbons (Fsp3) is 0.938. The first-order valence-corrected chi connectivity index (χ1v) is 8.35. The highest BCUT2D eigenvalue weighted by Crippen LogP contribution is 2.10. The lowest BCUT2D eigenvalue weighted by Crippen LogP contribution is -1.80. The van der Waals surface area contributed by atoms with Crippen molar-refractivity contribution in [3.63, 3.8) is 0 Å². The number of thiol groups is 1. The highest BCUT2D eigenvalue weighted by atomic mass is 32.1. The zero-order chi connectivity index (χ0) is 14.1. The van der Waals surface area contributed by atoms with Crippen LogP contribution in [0.5, 0.6) is 0 Å². The lowest BCUT2D eigenvalue weighted by Gasteiger charge is -2.00. The third-order valence-corrected chi connectivity index (χ3v) is 3.33. The molecule has 0 fully saturated rings. The first kappa shape index (κ1) is 20.3. The minimum atomic E-state index is -0.0509. The van der Waals surface area contributed by atoms with Gasteiger partial charge in [-0.15, -0.1) is 12.6 Å². The van der Waals surface area contributed by atoms with Crippen molar-refractivity contribution in [1.82, 2.24) is 0 Å². The summed E-state index contributed by atoms with van der Waals surface area (Å²) in [4.78, 5) is 9.68. The Bertz CT molecular complexity index is 147. The van der Waals surface area contributed by atoms with Gasteiger partial charge in [0.05, 0.1) is 0 Å². The lowest BCUT2D eigenvalue weighted by atomic mass is 10.1. The van der Waals surface area contributed by atoms with E-state index in [1.807, 2.05) is 0 Å². The van der Waals surface area contributed by atoms with Crippen LogP contribution in [0.25, 0.3) is 0 Å². The maximum atomic E-state index is 9.68. The van der Waals surface area contributed by atoms with Gasteiger partial charge in [-0.05, 0) is 0 Å². The van der Waals surface area contributed by atoms with E-state index < -0.39 is 0 Å². The summed E-state index contributed by atoms with van der Waals surface area (Å²) in [5.74, 6) is 0. The molecule has 0 saturated carbocycles. The van der Waals surface area contributed by atoms with E-state index >= 15 is 0 Å². The van der Waals surface area contributed by atoms with Crippen LogP contribution in [0.15, 0.2) is 0 Å². The van der Waals surface area contributed by atoms with E-state index in [4.69, 9.17) is 0 Å². The van der Waals surface area contributed by atoms with E-state index in [0.717, 1.165) is 0 Å². The molecule has 1 nitrogen and oxygen atoms in total. The largest absolute Gasteiger partial charge is 0.288 e. The molecule has 0 aromatic rings. The summed E-state index contributed by atoms with van der Waals surface area (Å²) in [6.07, 6.45) is 16.5. The van der Waals surface area contributed by atoms with Gasteiger partial charge in [-0.1, -0.05) is 91.4 Å². The van der Waals surface area contributed by atoms with Gasteiger partial charge in [0.2, 0.25) is 0 Å². The second-order valence-electron chi connectivity index (χ2n) is 4.93. The quantitative estimate of drug-likeness (QED) is 0.352. The Morgan fingerprint density at radius 1 is 0.667 bits per heavy atom. The Hall–Kier alpha value is 0.0200. The average Bonchev–Trinajstić information content (AvgIpc) is 2.37. The Morgan fingerprint density at radius 3 is 1.06 bits per heavy atom. The maximum absolute atomic E-state index is 9.68. The number of unbranched alkanes of at least 4 members (excludes halogenated alkanes) is 10. The Labute approximate surface area is 121 Å². The van der Waals surface area contributed by atoms with Crippen LogP contribution in [0.2, 0.25) is 0 Å². The van der Waals surface area contributed by atoms with Crippen LogP contribution in [-0.4, -0.2) is 5.12 Å². The van der Waals surface area contributed by atoms with Crippen molar-refractivity contribution in [3.05, 3.63) is 0 Å². The van der Waals surface area contributed by atoms with Crippen molar-refractivity contribution < 1.29 is 4.79 Å². The summed E-state index contributed by atoms with van der Waals surface area (Å²) in [7, 11) is 0. The number of rotatable bonds is 11. The van der Waals surface area contributed by atoms with Crippen molar-refractivity contribution in [2.45, 2.75) is 97.8 Å². The molecule has 110 valence electrons. The Kier molecular flexibility index (Phi) is 21.9. The van der Waals surface area contributed by atoms with Gasteiger partial charge in [-0.25, -0.2) is 0 Å². The molecule has 2 heteroatoms. The highest BCUT2D eigenvalue weighted by Gasteiger charge is 1.90. The fourth-order valence-corrected chi connectivity index (χ4v) is 1.74. The molecule has 0 amide bonds. The Morgan fingerprint density at radius 2 is 0.889 bits per heavy atom. The highest BCUT2D eigenvalue weighted by molar-refractivity contribution is 7.96. The van der Waals surface area contributed by atoms with Gasteiger partial charge in [0, 0.05) is 6.42 Å². The van der Waals surface area contributed by atoms with Crippen LogP contribution >= 0.6 is 12.6 Å². The molecule has 0 aromatic heterocycles. The van der Waals surface area contributed by atoms with Crippen LogP contribution in [0.4, 0.5) is 0 Å². The van der Waals surface area contributed by atoms with Gasteiger partial charge >= 0.3 is 0 Å². The molecule has 0 atom stereocenters. The zero-order valence-corrected chi connectivity index (χ0v) is 13.7. The summed E-state index contributed by atoms with van der Waals surface area (Å²) < 4.78 is 0. The molecule has 0 aliphatic heterocycles. The predicted molar refractivity (Wildman–Crippen MR) is 86.4 cm³/mol. The van der Waals surface area contributed by atoms with Gasteiger partial charge < -0.3 is 0 Å². The van der Waals surface area contributed by atoms with E-state index in [-0.39, 0.29) is 5.12 Å². The standard InChI is InChI=1S/C13H28.C3H6OS/c1-3-5-7-9-11-13-12-10-8-6-4-2;1-2-3(4)5/h3-13H2,1-2H3;2H2,1H3,(H,4,5). The van der Waals surface area contributed by atoms with Crippen LogP contribution in [0.1, 0.15) is 97.8 Å². The average molecular weight is 275 g/mol.